The van der Waals surface area contributed by atoms with Crippen molar-refractivity contribution in [3.8, 4) is 0 Å². The first-order valence-electron chi connectivity index (χ1n) is 5.49. The Labute approximate surface area is 95.2 Å². The zero-order valence-corrected chi connectivity index (χ0v) is 9.35. The fourth-order valence-corrected chi connectivity index (χ4v) is 1.74. The topological polar surface area (TPSA) is 38.7 Å². The van der Waals surface area contributed by atoms with E-state index in [1.165, 1.54) is 0 Å². The van der Waals surface area contributed by atoms with E-state index in [1.54, 1.807) is 0 Å². The molecule has 0 spiro atoms. The molecule has 0 bridgehead atoms. The van der Waals surface area contributed by atoms with E-state index in [-0.39, 0.29) is 12.0 Å². The van der Waals surface area contributed by atoms with Crippen molar-refractivity contribution in [2.24, 2.45) is 4.99 Å². The van der Waals surface area contributed by atoms with Crippen molar-refractivity contribution in [3.63, 3.8) is 0 Å². The Morgan fingerprint density at radius 1 is 1.44 bits per heavy atom. The molecule has 0 amide bonds. The Bertz CT molecular complexity index is 398. The number of hydrogen-bond donors (Lipinski definition) is 0. The second-order valence-electron chi connectivity index (χ2n) is 4.01. The van der Waals surface area contributed by atoms with Gasteiger partial charge in [0, 0.05) is 5.71 Å². The first kappa shape index (κ1) is 10.9. The molecule has 3 nitrogen and oxygen atoms in total. The first-order valence-corrected chi connectivity index (χ1v) is 5.49. The van der Waals surface area contributed by atoms with Crippen LogP contribution in [0.1, 0.15) is 25.3 Å². The van der Waals surface area contributed by atoms with Gasteiger partial charge in [-0.1, -0.05) is 30.3 Å². The van der Waals surface area contributed by atoms with Crippen LogP contribution in [-0.4, -0.2) is 17.7 Å². The van der Waals surface area contributed by atoms with Gasteiger partial charge in [-0.25, -0.2) is 4.79 Å². The lowest BCUT2D eigenvalue weighted by Crippen LogP contribution is -2.18. The lowest BCUT2D eigenvalue weighted by Gasteiger charge is -2.07. The molecule has 1 aliphatic rings. The molecule has 0 fully saturated rings. The quantitative estimate of drug-likeness (QED) is 0.729. The Kier molecular flexibility index (Phi) is 3.34. The van der Waals surface area contributed by atoms with Crippen molar-refractivity contribution >= 4 is 11.7 Å². The molecule has 0 N–H and O–H groups in total. The normalized spacial score (nSPS) is 19.3. The summed E-state index contributed by atoms with van der Waals surface area (Å²) in [6, 6.07) is 9.41. The molecule has 0 radical (unpaired) electrons. The molecule has 1 atom stereocenters. The van der Waals surface area contributed by atoms with Crippen LogP contribution in [0, 0.1) is 0 Å². The van der Waals surface area contributed by atoms with Gasteiger partial charge in [-0.3, -0.25) is 4.99 Å². The number of nitrogens with zero attached hydrogens (tertiary/aromatic N) is 1. The maximum Gasteiger partial charge on any atom is 0.331 e. The van der Waals surface area contributed by atoms with E-state index in [4.69, 9.17) is 4.74 Å². The van der Waals surface area contributed by atoms with E-state index in [1.807, 2.05) is 37.3 Å². The molecular formula is C13H15NO2. The monoisotopic (exact) mass is 217 g/mol. The van der Waals surface area contributed by atoms with E-state index in [0.29, 0.717) is 6.61 Å². The van der Waals surface area contributed by atoms with E-state index in [9.17, 15) is 4.79 Å². The third kappa shape index (κ3) is 2.69. The summed E-state index contributed by atoms with van der Waals surface area (Å²) >= 11 is 0. The van der Waals surface area contributed by atoms with E-state index in [2.05, 4.69) is 4.99 Å². The summed E-state index contributed by atoms with van der Waals surface area (Å²) in [4.78, 5) is 15.9. The minimum Gasteiger partial charge on any atom is -0.459 e. The van der Waals surface area contributed by atoms with Gasteiger partial charge in [0.25, 0.3) is 0 Å². The number of rotatable bonds is 3. The highest BCUT2D eigenvalue weighted by atomic mass is 16.5. The summed E-state index contributed by atoms with van der Waals surface area (Å²) in [5.41, 5.74) is 2.05. The standard InChI is InChI=1S/C13H15NO2/c1-10-7-8-12(14-10)13(15)16-9-11-5-3-2-4-6-11/h2-6,12H,7-9H2,1H3/t12-/m0/s1. The zero-order chi connectivity index (χ0) is 11.4. The van der Waals surface area contributed by atoms with E-state index in [0.717, 1.165) is 24.1 Å². The second-order valence-corrected chi connectivity index (χ2v) is 4.01. The van der Waals surface area contributed by atoms with Crippen LogP contribution in [0.5, 0.6) is 0 Å². The highest BCUT2D eigenvalue weighted by Crippen LogP contribution is 2.15. The van der Waals surface area contributed by atoms with Gasteiger partial charge in [-0.15, -0.1) is 0 Å². The summed E-state index contributed by atoms with van der Waals surface area (Å²) in [6.45, 7) is 2.29. The molecule has 84 valence electrons. The van der Waals surface area contributed by atoms with Crippen molar-refractivity contribution in [1.82, 2.24) is 0 Å². The Hall–Kier alpha value is -1.64. The minimum absolute atomic E-state index is 0.208. The van der Waals surface area contributed by atoms with Gasteiger partial charge < -0.3 is 4.74 Å². The van der Waals surface area contributed by atoms with Crippen LogP contribution in [0.4, 0.5) is 0 Å². The smallest absolute Gasteiger partial charge is 0.331 e. The van der Waals surface area contributed by atoms with E-state index < -0.39 is 0 Å². The highest BCUT2D eigenvalue weighted by Gasteiger charge is 2.23. The van der Waals surface area contributed by atoms with Gasteiger partial charge in [0.1, 0.15) is 12.6 Å². The number of hydrogen-bond acceptors (Lipinski definition) is 3. The number of benzene rings is 1. The van der Waals surface area contributed by atoms with Crippen LogP contribution in [-0.2, 0) is 16.1 Å². The first-order chi connectivity index (χ1) is 7.75. The molecule has 3 heteroatoms. The van der Waals surface area contributed by atoms with Crippen LogP contribution >= 0.6 is 0 Å². The van der Waals surface area contributed by atoms with Crippen molar-refractivity contribution in [2.75, 3.05) is 0 Å². The molecule has 1 aliphatic heterocycles. The summed E-state index contributed by atoms with van der Waals surface area (Å²) in [6.07, 6.45) is 1.70. The lowest BCUT2D eigenvalue weighted by atomic mass is 10.2. The average molecular weight is 217 g/mol. The molecule has 16 heavy (non-hydrogen) atoms. The number of esters is 1. The van der Waals surface area contributed by atoms with Crippen LogP contribution in [0.15, 0.2) is 35.3 Å². The van der Waals surface area contributed by atoms with Crippen LogP contribution in [0.2, 0.25) is 0 Å². The summed E-state index contributed by atoms with van der Waals surface area (Å²) < 4.78 is 5.21. The third-order valence-corrected chi connectivity index (χ3v) is 2.65. The molecule has 1 aromatic rings. The SMILES string of the molecule is CC1=N[C@H](C(=O)OCc2ccccc2)CC1. The maximum atomic E-state index is 11.6. The average Bonchev–Trinajstić information content (AvgIpc) is 2.74. The molecule has 1 heterocycles. The third-order valence-electron chi connectivity index (χ3n) is 2.65. The molecular weight excluding hydrogens is 202 g/mol. The van der Waals surface area contributed by atoms with Crippen LogP contribution in [0.3, 0.4) is 0 Å². The lowest BCUT2D eigenvalue weighted by molar-refractivity contribution is -0.146. The number of ether oxygens (including phenoxy) is 1. The van der Waals surface area contributed by atoms with Gasteiger partial charge in [-0.05, 0) is 25.3 Å². The van der Waals surface area contributed by atoms with Crippen molar-refractivity contribution < 1.29 is 9.53 Å². The summed E-state index contributed by atoms with van der Waals surface area (Å²) in [7, 11) is 0. The van der Waals surface area contributed by atoms with Crippen LogP contribution < -0.4 is 0 Å². The number of aliphatic imine (C=N–C) groups is 1. The highest BCUT2D eigenvalue weighted by molar-refractivity contribution is 5.89. The molecule has 0 saturated heterocycles. The van der Waals surface area contributed by atoms with Gasteiger partial charge >= 0.3 is 5.97 Å². The fourth-order valence-electron chi connectivity index (χ4n) is 1.74. The Morgan fingerprint density at radius 2 is 2.19 bits per heavy atom. The van der Waals surface area contributed by atoms with Crippen molar-refractivity contribution in [3.05, 3.63) is 35.9 Å². The van der Waals surface area contributed by atoms with Gasteiger partial charge in [0.05, 0.1) is 0 Å². The number of carbonyl (C=O) groups is 1. The van der Waals surface area contributed by atoms with Crippen LogP contribution in [0.25, 0.3) is 0 Å². The predicted molar refractivity (Wildman–Crippen MR) is 62.4 cm³/mol. The van der Waals surface area contributed by atoms with E-state index >= 15 is 0 Å². The largest absolute Gasteiger partial charge is 0.459 e. The van der Waals surface area contributed by atoms with Gasteiger partial charge in [-0.2, -0.15) is 0 Å². The Balaban J connectivity index is 1.85. The molecule has 0 unspecified atom stereocenters. The molecule has 0 aromatic heterocycles. The van der Waals surface area contributed by atoms with Gasteiger partial charge in [0.15, 0.2) is 0 Å². The van der Waals surface area contributed by atoms with Gasteiger partial charge in [0.2, 0.25) is 0 Å². The fraction of sp³-hybridized carbons (Fsp3) is 0.385. The summed E-state index contributed by atoms with van der Waals surface area (Å²) in [5.74, 6) is -0.208. The molecule has 0 saturated carbocycles. The zero-order valence-electron chi connectivity index (χ0n) is 9.35. The van der Waals surface area contributed by atoms with Crippen molar-refractivity contribution in [2.45, 2.75) is 32.4 Å². The minimum atomic E-state index is -0.274. The van der Waals surface area contributed by atoms with Crippen molar-refractivity contribution in [1.29, 1.82) is 0 Å². The molecule has 2 rings (SSSR count). The predicted octanol–water partition coefficient (Wildman–Crippen LogP) is 2.35. The maximum absolute atomic E-state index is 11.6. The molecule has 0 aliphatic carbocycles. The molecule has 1 aromatic carbocycles. The second kappa shape index (κ2) is 4.92. The summed E-state index contributed by atoms with van der Waals surface area (Å²) in [5, 5.41) is 0. The Morgan fingerprint density at radius 3 is 2.81 bits per heavy atom. The number of carbonyl (C=O) groups excluding carboxylic acids is 1.